The van der Waals surface area contributed by atoms with E-state index >= 15 is 0 Å². The van der Waals surface area contributed by atoms with Crippen molar-refractivity contribution in [1.29, 1.82) is 0 Å². The Hall–Kier alpha value is -0.410. The SMILES string of the molecule is Cc1cc(Br)c(F)c(C2CCNCC2)c1C. The lowest BCUT2D eigenvalue weighted by atomic mass is 9.85. The van der Waals surface area contributed by atoms with Gasteiger partial charge in [-0.1, -0.05) is 0 Å². The van der Waals surface area contributed by atoms with E-state index in [1.54, 1.807) is 0 Å². The first-order chi connectivity index (χ1) is 7.61. The Kier molecular flexibility index (Phi) is 3.65. The standard InChI is InChI=1S/C13H17BrFN/c1-8-7-11(14)13(15)12(9(8)2)10-3-5-16-6-4-10/h7,10,16H,3-6H2,1-2H3. The number of nitrogens with one attached hydrogen (secondary N) is 1. The van der Waals surface area contributed by atoms with E-state index in [4.69, 9.17) is 0 Å². The third-order valence-electron chi connectivity index (χ3n) is 3.53. The quantitative estimate of drug-likeness (QED) is 0.830. The predicted molar refractivity (Wildman–Crippen MR) is 68.4 cm³/mol. The average Bonchev–Trinajstić information content (AvgIpc) is 2.28. The maximum Gasteiger partial charge on any atom is 0.141 e. The molecule has 0 amide bonds. The number of hydrogen-bond donors (Lipinski definition) is 1. The maximum absolute atomic E-state index is 14.2. The highest BCUT2D eigenvalue weighted by Gasteiger charge is 2.22. The Bertz CT molecular complexity index is 371. The Labute approximate surface area is 105 Å². The van der Waals surface area contributed by atoms with Crippen molar-refractivity contribution in [3.05, 3.63) is 33.0 Å². The fourth-order valence-electron chi connectivity index (χ4n) is 2.46. The molecule has 1 N–H and O–H groups in total. The summed E-state index contributed by atoms with van der Waals surface area (Å²) in [5, 5.41) is 3.32. The van der Waals surface area contributed by atoms with Crippen LogP contribution >= 0.6 is 15.9 Å². The van der Waals surface area contributed by atoms with Crippen LogP contribution in [0.3, 0.4) is 0 Å². The summed E-state index contributed by atoms with van der Waals surface area (Å²) in [6, 6.07) is 1.87. The molecule has 1 aromatic carbocycles. The van der Waals surface area contributed by atoms with E-state index < -0.39 is 0 Å². The largest absolute Gasteiger partial charge is 0.317 e. The van der Waals surface area contributed by atoms with Gasteiger partial charge in [0, 0.05) is 0 Å². The molecule has 0 saturated carbocycles. The van der Waals surface area contributed by atoms with E-state index in [1.807, 2.05) is 19.9 Å². The van der Waals surface area contributed by atoms with E-state index in [0.29, 0.717) is 10.4 Å². The number of benzene rings is 1. The minimum absolute atomic E-state index is 0.0602. The monoisotopic (exact) mass is 285 g/mol. The van der Waals surface area contributed by atoms with Gasteiger partial charge in [0.15, 0.2) is 0 Å². The van der Waals surface area contributed by atoms with E-state index in [9.17, 15) is 4.39 Å². The molecule has 0 radical (unpaired) electrons. The molecule has 88 valence electrons. The number of aryl methyl sites for hydroxylation is 1. The smallest absolute Gasteiger partial charge is 0.141 e. The minimum atomic E-state index is -0.0602. The highest BCUT2D eigenvalue weighted by Crippen LogP contribution is 2.34. The Morgan fingerprint density at radius 1 is 1.31 bits per heavy atom. The first-order valence-electron chi connectivity index (χ1n) is 5.77. The molecule has 1 aliphatic rings. The molecular formula is C13H17BrFN. The summed E-state index contributed by atoms with van der Waals surface area (Å²) >= 11 is 3.31. The van der Waals surface area contributed by atoms with Crippen LogP contribution in [0.1, 0.15) is 35.4 Å². The maximum atomic E-state index is 14.2. The van der Waals surface area contributed by atoms with Gasteiger partial charge in [-0.2, -0.15) is 0 Å². The molecule has 0 spiro atoms. The fraction of sp³-hybridized carbons (Fsp3) is 0.538. The second kappa shape index (κ2) is 4.84. The normalized spacial score (nSPS) is 17.8. The Morgan fingerprint density at radius 3 is 2.56 bits per heavy atom. The van der Waals surface area contributed by atoms with Crippen LogP contribution in [0.5, 0.6) is 0 Å². The molecule has 0 atom stereocenters. The second-order valence-corrected chi connectivity index (χ2v) is 5.41. The van der Waals surface area contributed by atoms with Crippen LogP contribution in [0.4, 0.5) is 4.39 Å². The number of hydrogen-bond acceptors (Lipinski definition) is 1. The van der Waals surface area contributed by atoms with Crippen molar-refractivity contribution in [2.45, 2.75) is 32.6 Å². The van der Waals surface area contributed by atoms with Gasteiger partial charge < -0.3 is 5.32 Å². The van der Waals surface area contributed by atoms with Gasteiger partial charge in [-0.25, -0.2) is 4.39 Å². The molecule has 3 heteroatoms. The van der Waals surface area contributed by atoms with Crippen LogP contribution in [0.25, 0.3) is 0 Å². The highest BCUT2D eigenvalue weighted by atomic mass is 79.9. The minimum Gasteiger partial charge on any atom is -0.317 e. The summed E-state index contributed by atoms with van der Waals surface area (Å²) in [5.41, 5.74) is 3.21. The van der Waals surface area contributed by atoms with Gasteiger partial charge in [0.05, 0.1) is 4.47 Å². The van der Waals surface area contributed by atoms with Crippen molar-refractivity contribution in [3.8, 4) is 0 Å². The first-order valence-corrected chi connectivity index (χ1v) is 6.56. The molecule has 0 unspecified atom stereocenters. The van der Waals surface area contributed by atoms with Gasteiger partial charge >= 0.3 is 0 Å². The van der Waals surface area contributed by atoms with Gasteiger partial charge in [0.2, 0.25) is 0 Å². The van der Waals surface area contributed by atoms with Crippen molar-refractivity contribution in [2.75, 3.05) is 13.1 Å². The van der Waals surface area contributed by atoms with Gasteiger partial charge in [-0.15, -0.1) is 0 Å². The van der Waals surface area contributed by atoms with E-state index in [2.05, 4.69) is 21.2 Å². The van der Waals surface area contributed by atoms with Gasteiger partial charge in [0.1, 0.15) is 5.82 Å². The third-order valence-corrected chi connectivity index (χ3v) is 4.11. The molecule has 0 aliphatic carbocycles. The summed E-state index contributed by atoms with van der Waals surface area (Å²) in [7, 11) is 0. The van der Waals surface area contributed by atoms with Crippen LogP contribution in [-0.4, -0.2) is 13.1 Å². The zero-order valence-electron chi connectivity index (χ0n) is 9.74. The lowest BCUT2D eigenvalue weighted by molar-refractivity contribution is 0.442. The molecule has 1 aliphatic heterocycles. The summed E-state index contributed by atoms with van der Waals surface area (Å²) in [4.78, 5) is 0. The summed E-state index contributed by atoms with van der Waals surface area (Å²) < 4.78 is 14.8. The lowest BCUT2D eigenvalue weighted by Crippen LogP contribution is -2.27. The van der Waals surface area contributed by atoms with Crippen molar-refractivity contribution < 1.29 is 4.39 Å². The topological polar surface area (TPSA) is 12.0 Å². The second-order valence-electron chi connectivity index (χ2n) is 4.55. The zero-order valence-corrected chi connectivity index (χ0v) is 11.3. The van der Waals surface area contributed by atoms with E-state index in [1.165, 1.54) is 5.56 Å². The molecule has 1 fully saturated rings. The van der Waals surface area contributed by atoms with Crippen molar-refractivity contribution in [1.82, 2.24) is 5.32 Å². The molecule has 1 heterocycles. The average molecular weight is 286 g/mol. The number of halogens is 2. The molecular weight excluding hydrogens is 269 g/mol. The fourth-order valence-corrected chi connectivity index (χ4v) is 3.02. The number of rotatable bonds is 1. The molecule has 0 aromatic heterocycles. The van der Waals surface area contributed by atoms with E-state index in [0.717, 1.165) is 37.1 Å². The van der Waals surface area contributed by atoms with Gasteiger partial charge in [0.25, 0.3) is 0 Å². The zero-order chi connectivity index (χ0) is 11.7. The summed E-state index contributed by atoms with van der Waals surface area (Å²) in [6.45, 7) is 6.07. The van der Waals surface area contributed by atoms with Gasteiger partial charge in [-0.3, -0.25) is 0 Å². The van der Waals surface area contributed by atoms with Gasteiger partial charge in [-0.05, 0) is 84.4 Å². The van der Waals surface area contributed by atoms with Crippen LogP contribution in [0.2, 0.25) is 0 Å². The summed E-state index contributed by atoms with van der Waals surface area (Å²) in [5.74, 6) is 0.312. The highest BCUT2D eigenvalue weighted by molar-refractivity contribution is 9.10. The van der Waals surface area contributed by atoms with Crippen molar-refractivity contribution in [2.24, 2.45) is 0 Å². The Balaban J connectivity index is 2.45. The summed E-state index contributed by atoms with van der Waals surface area (Å²) in [6.07, 6.45) is 2.07. The molecule has 0 bridgehead atoms. The first kappa shape index (κ1) is 12.1. The lowest BCUT2D eigenvalue weighted by Gasteiger charge is -2.26. The molecule has 1 nitrogen and oxygen atoms in total. The van der Waals surface area contributed by atoms with Crippen LogP contribution in [0, 0.1) is 19.7 Å². The predicted octanol–water partition coefficient (Wildman–Crippen LogP) is 3.67. The molecule has 1 aromatic rings. The molecule has 16 heavy (non-hydrogen) atoms. The van der Waals surface area contributed by atoms with Crippen LogP contribution < -0.4 is 5.32 Å². The number of piperidine rings is 1. The third kappa shape index (κ3) is 2.16. The molecule has 1 saturated heterocycles. The Morgan fingerprint density at radius 2 is 1.94 bits per heavy atom. The van der Waals surface area contributed by atoms with Crippen molar-refractivity contribution >= 4 is 15.9 Å². The van der Waals surface area contributed by atoms with Crippen LogP contribution in [-0.2, 0) is 0 Å². The molecule has 2 rings (SSSR count). The van der Waals surface area contributed by atoms with Crippen molar-refractivity contribution in [3.63, 3.8) is 0 Å². The van der Waals surface area contributed by atoms with Crippen LogP contribution in [0.15, 0.2) is 10.5 Å². The van der Waals surface area contributed by atoms with E-state index in [-0.39, 0.29) is 5.82 Å².